The number of hydrogen-bond donors (Lipinski definition) is 2. The Labute approximate surface area is 92.7 Å². The summed E-state index contributed by atoms with van der Waals surface area (Å²) in [7, 11) is -2.45. The van der Waals surface area contributed by atoms with Crippen molar-refractivity contribution in [2.24, 2.45) is 0 Å². The summed E-state index contributed by atoms with van der Waals surface area (Å²) in [5.74, 6) is -1.56. The fourth-order valence-corrected chi connectivity index (χ4v) is 2.13. The van der Waals surface area contributed by atoms with Crippen molar-refractivity contribution in [2.75, 3.05) is 13.4 Å². The van der Waals surface area contributed by atoms with E-state index in [-0.39, 0.29) is 12.1 Å². The summed E-state index contributed by atoms with van der Waals surface area (Å²) in [6.45, 7) is 0.00509. The Hall–Kier alpha value is -1.18. The molecule has 5 nitrogen and oxygen atoms in total. The van der Waals surface area contributed by atoms with Crippen molar-refractivity contribution < 1.29 is 22.8 Å². The first-order chi connectivity index (χ1) is 7.38. The maximum atomic E-state index is 13.7. The smallest absolute Gasteiger partial charge is 0.182 e. The molecule has 0 fully saturated rings. The number of benzene rings is 1. The van der Waals surface area contributed by atoms with E-state index >= 15 is 0 Å². The van der Waals surface area contributed by atoms with Crippen molar-refractivity contribution in [1.82, 2.24) is 5.48 Å². The fraction of sp³-hybridized carbons (Fsp3) is 0.333. The Kier molecular flexibility index (Phi) is 3.84. The highest BCUT2D eigenvalue weighted by Gasteiger charge is 2.21. The lowest BCUT2D eigenvalue weighted by molar-refractivity contribution is 0.0858. The third kappa shape index (κ3) is 2.69. The van der Waals surface area contributed by atoms with Crippen molar-refractivity contribution in [2.45, 2.75) is 11.4 Å². The van der Waals surface area contributed by atoms with Crippen molar-refractivity contribution in [3.05, 3.63) is 23.5 Å². The van der Waals surface area contributed by atoms with Gasteiger partial charge in [-0.3, -0.25) is 0 Å². The minimum atomic E-state index is -3.81. The number of halogens is 1. The van der Waals surface area contributed by atoms with Crippen LogP contribution in [0.5, 0.6) is 5.75 Å². The summed E-state index contributed by atoms with van der Waals surface area (Å²) >= 11 is 0. The fourth-order valence-electron chi connectivity index (χ4n) is 1.23. The van der Waals surface area contributed by atoms with Gasteiger partial charge in [0, 0.05) is 18.4 Å². The SMILES string of the molecule is CONCc1ccc(O)c(S(C)(=O)=O)c1F. The summed E-state index contributed by atoms with van der Waals surface area (Å²) in [4.78, 5) is 3.84. The molecule has 1 aromatic rings. The summed E-state index contributed by atoms with van der Waals surface area (Å²) in [5.41, 5.74) is 2.48. The summed E-state index contributed by atoms with van der Waals surface area (Å²) < 4.78 is 36.2. The predicted molar refractivity (Wildman–Crippen MR) is 55.0 cm³/mol. The van der Waals surface area contributed by atoms with Crippen LogP contribution in [0.4, 0.5) is 4.39 Å². The maximum Gasteiger partial charge on any atom is 0.182 e. The van der Waals surface area contributed by atoms with Gasteiger partial charge in [-0.1, -0.05) is 6.07 Å². The predicted octanol–water partition coefficient (Wildman–Crippen LogP) is 0.586. The van der Waals surface area contributed by atoms with E-state index in [0.717, 1.165) is 12.3 Å². The number of hydroxylamine groups is 1. The van der Waals surface area contributed by atoms with E-state index in [4.69, 9.17) is 0 Å². The summed E-state index contributed by atoms with van der Waals surface area (Å²) in [6, 6.07) is 2.41. The number of aromatic hydroxyl groups is 1. The minimum absolute atomic E-state index is 0.00509. The topological polar surface area (TPSA) is 75.6 Å². The molecule has 0 spiro atoms. The third-order valence-corrected chi connectivity index (χ3v) is 3.06. The highest BCUT2D eigenvalue weighted by Crippen LogP contribution is 2.27. The number of phenolic OH excluding ortho intramolecular Hbond substituents is 1. The van der Waals surface area contributed by atoms with Gasteiger partial charge < -0.3 is 9.94 Å². The molecule has 0 heterocycles. The van der Waals surface area contributed by atoms with Crippen LogP contribution in [-0.4, -0.2) is 26.9 Å². The van der Waals surface area contributed by atoms with Crippen LogP contribution in [0.25, 0.3) is 0 Å². The van der Waals surface area contributed by atoms with Crippen LogP contribution in [0.15, 0.2) is 17.0 Å². The Morgan fingerprint density at radius 1 is 1.50 bits per heavy atom. The molecule has 0 saturated heterocycles. The van der Waals surface area contributed by atoms with Crippen LogP contribution in [-0.2, 0) is 21.2 Å². The number of hydrogen-bond acceptors (Lipinski definition) is 5. The molecule has 0 radical (unpaired) electrons. The molecule has 1 rings (SSSR count). The average molecular weight is 249 g/mol. The number of nitrogens with one attached hydrogen (secondary N) is 1. The van der Waals surface area contributed by atoms with Crippen LogP contribution in [0.3, 0.4) is 0 Å². The monoisotopic (exact) mass is 249 g/mol. The van der Waals surface area contributed by atoms with Gasteiger partial charge in [0.2, 0.25) is 0 Å². The molecule has 0 bridgehead atoms. The van der Waals surface area contributed by atoms with Gasteiger partial charge in [-0.05, 0) is 6.07 Å². The minimum Gasteiger partial charge on any atom is -0.506 e. The molecule has 0 aliphatic heterocycles. The highest BCUT2D eigenvalue weighted by molar-refractivity contribution is 7.90. The van der Waals surface area contributed by atoms with Crippen molar-refractivity contribution >= 4 is 9.84 Å². The van der Waals surface area contributed by atoms with E-state index in [9.17, 15) is 17.9 Å². The molecular formula is C9H12FNO4S. The number of sulfone groups is 1. The second-order valence-electron chi connectivity index (χ2n) is 3.18. The average Bonchev–Trinajstić information content (AvgIpc) is 2.14. The lowest BCUT2D eigenvalue weighted by Gasteiger charge is -2.09. The molecule has 2 N–H and O–H groups in total. The highest BCUT2D eigenvalue weighted by atomic mass is 32.2. The zero-order valence-corrected chi connectivity index (χ0v) is 9.64. The third-order valence-electron chi connectivity index (χ3n) is 1.93. The Balaban J connectivity index is 3.28. The standard InChI is InChI=1S/C9H12FNO4S/c1-15-11-5-6-3-4-7(12)9(8(6)10)16(2,13)14/h3-4,11-12H,5H2,1-2H3. The molecule has 0 unspecified atom stereocenters. The van der Waals surface area contributed by atoms with E-state index in [1.807, 2.05) is 0 Å². The lowest BCUT2D eigenvalue weighted by Crippen LogP contribution is -2.13. The largest absolute Gasteiger partial charge is 0.506 e. The normalized spacial score (nSPS) is 11.7. The van der Waals surface area contributed by atoms with E-state index in [1.54, 1.807) is 0 Å². The van der Waals surface area contributed by atoms with Gasteiger partial charge >= 0.3 is 0 Å². The van der Waals surface area contributed by atoms with Crippen LogP contribution in [0.1, 0.15) is 5.56 Å². The van der Waals surface area contributed by atoms with E-state index in [0.29, 0.717) is 0 Å². The zero-order valence-electron chi connectivity index (χ0n) is 8.82. The van der Waals surface area contributed by atoms with Gasteiger partial charge in [0.15, 0.2) is 9.84 Å². The molecule has 1 aromatic carbocycles. The molecule has 0 saturated carbocycles. The second-order valence-corrected chi connectivity index (χ2v) is 5.14. The molecular weight excluding hydrogens is 237 g/mol. The van der Waals surface area contributed by atoms with Gasteiger partial charge in [0.05, 0.1) is 7.11 Å². The Morgan fingerprint density at radius 2 is 2.12 bits per heavy atom. The first kappa shape index (κ1) is 12.9. The summed E-state index contributed by atoms with van der Waals surface area (Å²) in [6.07, 6.45) is 0.832. The summed E-state index contributed by atoms with van der Waals surface area (Å²) in [5, 5.41) is 9.31. The second kappa shape index (κ2) is 4.77. The first-order valence-corrected chi connectivity index (χ1v) is 6.23. The number of rotatable bonds is 4. The molecule has 16 heavy (non-hydrogen) atoms. The first-order valence-electron chi connectivity index (χ1n) is 4.34. The van der Waals surface area contributed by atoms with Crippen LogP contribution in [0.2, 0.25) is 0 Å². The van der Waals surface area contributed by atoms with E-state index in [1.165, 1.54) is 13.2 Å². The molecule has 0 amide bonds. The molecule has 7 heteroatoms. The van der Waals surface area contributed by atoms with E-state index < -0.39 is 26.3 Å². The number of phenols is 1. The molecule has 0 aromatic heterocycles. The van der Waals surface area contributed by atoms with Crippen molar-refractivity contribution in [3.8, 4) is 5.75 Å². The quantitative estimate of drug-likeness (QED) is 0.764. The van der Waals surface area contributed by atoms with Crippen LogP contribution in [0, 0.1) is 5.82 Å². The van der Waals surface area contributed by atoms with Gasteiger partial charge in [0.1, 0.15) is 16.5 Å². The maximum absolute atomic E-state index is 13.7. The van der Waals surface area contributed by atoms with E-state index in [2.05, 4.69) is 10.3 Å². The zero-order chi connectivity index (χ0) is 12.3. The Morgan fingerprint density at radius 3 is 2.62 bits per heavy atom. The van der Waals surface area contributed by atoms with Gasteiger partial charge in [-0.15, -0.1) is 0 Å². The molecule has 0 aliphatic carbocycles. The van der Waals surface area contributed by atoms with Gasteiger partial charge in [-0.2, -0.15) is 5.48 Å². The van der Waals surface area contributed by atoms with Crippen LogP contribution >= 0.6 is 0 Å². The van der Waals surface area contributed by atoms with Crippen LogP contribution < -0.4 is 5.48 Å². The van der Waals surface area contributed by atoms with Crippen molar-refractivity contribution in [1.29, 1.82) is 0 Å². The van der Waals surface area contributed by atoms with Gasteiger partial charge in [0.25, 0.3) is 0 Å². The molecule has 0 atom stereocenters. The van der Waals surface area contributed by atoms with Gasteiger partial charge in [-0.25, -0.2) is 12.8 Å². The molecule has 90 valence electrons. The lowest BCUT2D eigenvalue weighted by atomic mass is 10.2. The Bertz CT molecular complexity index is 487. The van der Waals surface area contributed by atoms with Crippen molar-refractivity contribution in [3.63, 3.8) is 0 Å². The molecule has 0 aliphatic rings.